The van der Waals surface area contributed by atoms with Crippen molar-refractivity contribution in [3.8, 4) is 11.8 Å². The number of hydrogen-bond acceptors (Lipinski definition) is 4. The van der Waals surface area contributed by atoms with Crippen LogP contribution in [0.3, 0.4) is 0 Å². The molecule has 86 valence electrons. The summed E-state index contributed by atoms with van der Waals surface area (Å²) in [6.45, 7) is 2.18. The van der Waals surface area contributed by atoms with Crippen molar-refractivity contribution >= 4 is 0 Å². The summed E-state index contributed by atoms with van der Waals surface area (Å²) in [5.41, 5.74) is 4.44. The van der Waals surface area contributed by atoms with Crippen LogP contribution >= 0.6 is 0 Å². The van der Waals surface area contributed by atoms with Gasteiger partial charge in [-0.05, 0) is 24.6 Å². The maximum atomic E-state index is 8.38. The second-order valence-corrected chi connectivity index (χ2v) is 3.76. The third kappa shape index (κ3) is 3.89. The first-order valence-electron chi connectivity index (χ1n) is 5.16. The van der Waals surface area contributed by atoms with Crippen LogP contribution in [0.15, 0.2) is 24.3 Å². The van der Waals surface area contributed by atoms with Crippen LogP contribution in [0, 0.1) is 11.3 Å². The van der Waals surface area contributed by atoms with E-state index in [0.717, 1.165) is 5.75 Å². The van der Waals surface area contributed by atoms with Gasteiger partial charge in [-0.15, -0.1) is 0 Å². The Labute approximate surface area is 96.4 Å². The zero-order valence-corrected chi connectivity index (χ0v) is 9.90. The molecule has 0 aliphatic heterocycles. The molecule has 0 spiro atoms. The summed E-state index contributed by atoms with van der Waals surface area (Å²) in [5.74, 6) is 0.724. The van der Waals surface area contributed by atoms with E-state index in [1.807, 2.05) is 49.4 Å². The molecule has 1 aromatic rings. The van der Waals surface area contributed by atoms with Gasteiger partial charge in [-0.25, -0.2) is 5.43 Å². The zero-order chi connectivity index (χ0) is 12.0. The normalized spacial score (nSPS) is 12.2. The first-order chi connectivity index (χ1) is 7.63. The lowest BCUT2D eigenvalue weighted by Crippen LogP contribution is -2.32. The summed E-state index contributed by atoms with van der Waals surface area (Å²) in [7, 11) is 3.92. The molecule has 4 heteroatoms. The molecular weight excluding hydrogens is 202 g/mol. The first-order valence-corrected chi connectivity index (χ1v) is 5.16. The average Bonchev–Trinajstić information content (AvgIpc) is 2.26. The summed E-state index contributed by atoms with van der Waals surface area (Å²) >= 11 is 0. The van der Waals surface area contributed by atoms with Crippen LogP contribution < -0.4 is 10.2 Å². The molecule has 1 unspecified atom stereocenters. The van der Waals surface area contributed by atoms with E-state index in [1.165, 1.54) is 5.56 Å². The lowest BCUT2D eigenvalue weighted by molar-refractivity contribution is 0.252. The molecule has 0 heterocycles. The Morgan fingerprint density at radius 3 is 2.50 bits per heavy atom. The van der Waals surface area contributed by atoms with Gasteiger partial charge in [0.25, 0.3) is 0 Å². The predicted molar refractivity (Wildman–Crippen MR) is 62.8 cm³/mol. The van der Waals surface area contributed by atoms with Gasteiger partial charge in [0.15, 0.2) is 6.61 Å². The minimum Gasteiger partial charge on any atom is -0.479 e. The van der Waals surface area contributed by atoms with Crippen molar-refractivity contribution in [1.82, 2.24) is 10.4 Å². The molecule has 1 aromatic carbocycles. The van der Waals surface area contributed by atoms with E-state index in [2.05, 4.69) is 12.3 Å². The maximum Gasteiger partial charge on any atom is 0.174 e. The number of nitriles is 1. The molecule has 0 saturated carbocycles. The quantitative estimate of drug-likeness (QED) is 0.766. The number of ether oxygens (including phenoxy) is 1. The van der Waals surface area contributed by atoms with Crippen LogP contribution in [0.1, 0.15) is 18.5 Å². The van der Waals surface area contributed by atoms with Crippen molar-refractivity contribution in [3.05, 3.63) is 29.8 Å². The van der Waals surface area contributed by atoms with Gasteiger partial charge in [-0.1, -0.05) is 12.1 Å². The molecule has 0 fully saturated rings. The molecule has 0 radical (unpaired) electrons. The standard InChI is InChI=1S/C12H17N3O/c1-10(14-15(2)3)11-4-6-12(7-5-11)16-9-8-13/h4-7,10,14H,9H2,1-3H3. The van der Waals surface area contributed by atoms with Gasteiger partial charge in [-0.2, -0.15) is 5.26 Å². The van der Waals surface area contributed by atoms with Crippen LogP contribution in [-0.4, -0.2) is 25.7 Å². The fraction of sp³-hybridized carbons (Fsp3) is 0.417. The van der Waals surface area contributed by atoms with Crippen molar-refractivity contribution in [3.63, 3.8) is 0 Å². The Bertz CT molecular complexity index is 354. The largest absolute Gasteiger partial charge is 0.479 e. The molecule has 4 nitrogen and oxygen atoms in total. The van der Waals surface area contributed by atoms with E-state index in [4.69, 9.17) is 10.00 Å². The minimum absolute atomic E-state index is 0.0881. The predicted octanol–water partition coefficient (Wildman–Crippen LogP) is 1.72. The highest BCUT2D eigenvalue weighted by Gasteiger charge is 2.05. The number of hydrogen-bond donors (Lipinski definition) is 1. The highest BCUT2D eigenvalue weighted by Crippen LogP contribution is 2.17. The lowest BCUT2D eigenvalue weighted by atomic mass is 10.1. The van der Waals surface area contributed by atoms with E-state index in [-0.39, 0.29) is 12.6 Å². The molecule has 16 heavy (non-hydrogen) atoms. The van der Waals surface area contributed by atoms with Gasteiger partial charge in [0.2, 0.25) is 0 Å². The van der Waals surface area contributed by atoms with E-state index < -0.39 is 0 Å². The third-order valence-corrected chi connectivity index (χ3v) is 2.14. The summed E-state index contributed by atoms with van der Waals surface area (Å²) in [4.78, 5) is 0. The van der Waals surface area contributed by atoms with Crippen LogP contribution in [0.25, 0.3) is 0 Å². The van der Waals surface area contributed by atoms with Crippen molar-refractivity contribution in [2.45, 2.75) is 13.0 Å². The highest BCUT2D eigenvalue weighted by molar-refractivity contribution is 5.29. The number of hydrazine groups is 1. The van der Waals surface area contributed by atoms with Crippen LogP contribution in [0.5, 0.6) is 5.75 Å². The summed E-state index contributed by atoms with van der Waals surface area (Å²) < 4.78 is 5.18. The van der Waals surface area contributed by atoms with Crippen molar-refractivity contribution in [2.24, 2.45) is 0 Å². The van der Waals surface area contributed by atoms with Crippen molar-refractivity contribution in [2.75, 3.05) is 20.7 Å². The zero-order valence-electron chi connectivity index (χ0n) is 9.90. The Hall–Kier alpha value is -1.57. The van der Waals surface area contributed by atoms with E-state index in [9.17, 15) is 0 Å². The summed E-state index contributed by atoms with van der Waals surface area (Å²) in [6.07, 6.45) is 0. The monoisotopic (exact) mass is 219 g/mol. The SMILES string of the molecule is CC(NN(C)C)c1ccc(OCC#N)cc1. The number of nitrogens with one attached hydrogen (secondary N) is 1. The van der Waals surface area contributed by atoms with Gasteiger partial charge >= 0.3 is 0 Å². The van der Waals surface area contributed by atoms with Gasteiger partial charge in [0.05, 0.1) is 0 Å². The highest BCUT2D eigenvalue weighted by atomic mass is 16.5. The topological polar surface area (TPSA) is 48.3 Å². The molecule has 0 amide bonds. The molecule has 1 atom stereocenters. The van der Waals surface area contributed by atoms with Gasteiger partial charge in [0.1, 0.15) is 11.8 Å². The first kappa shape index (κ1) is 12.5. The second kappa shape index (κ2) is 6.11. The molecule has 0 saturated heterocycles. The number of rotatable bonds is 5. The van der Waals surface area contributed by atoms with Gasteiger partial charge in [0, 0.05) is 20.1 Å². The Balaban J connectivity index is 2.60. The molecule has 1 rings (SSSR count). The Morgan fingerprint density at radius 1 is 1.38 bits per heavy atom. The van der Waals surface area contributed by atoms with E-state index >= 15 is 0 Å². The Kier molecular flexibility index (Phi) is 4.77. The Morgan fingerprint density at radius 2 is 2.00 bits per heavy atom. The molecule has 0 aliphatic rings. The van der Waals surface area contributed by atoms with E-state index in [1.54, 1.807) is 0 Å². The van der Waals surface area contributed by atoms with Crippen LogP contribution in [-0.2, 0) is 0 Å². The second-order valence-electron chi connectivity index (χ2n) is 3.76. The number of nitrogens with zero attached hydrogens (tertiary/aromatic N) is 2. The number of benzene rings is 1. The van der Waals surface area contributed by atoms with Gasteiger partial charge in [-0.3, -0.25) is 5.01 Å². The van der Waals surface area contributed by atoms with Crippen LogP contribution in [0.4, 0.5) is 0 Å². The fourth-order valence-corrected chi connectivity index (χ4v) is 1.43. The van der Waals surface area contributed by atoms with Crippen LogP contribution in [0.2, 0.25) is 0 Å². The molecule has 1 N–H and O–H groups in total. The molecule has 0 aliphatic carbocycles. The summed E-state index contributed by atoms with van der Waals surface area (Å²) in [6, 6.07) is 9.93. The molecule has 0 bridgehead atoms. The minimum atomic E-state index is 0.0881. The van der Waals surface area contributed by atoms with E-state index in [0.29, 0.717) is 0 Å². The third-order valence-electron chi connectivity index (χ3n) is 2.14. The maximum absolute atomic E-state index is 8.38. The molecular formula is C12H17N3O. The van der Waals surface area contributed by atoms with Crippen molar-refractivity contribution < 1.29 is 4.74 Å². The fourth-order valence-electron chi connectivity index (χ4n) is 1.43. The lowest BCUT2D eigenvalue weighted by Gasteiger charge is -2.19. The van der Waals surface area contributed by atoms with Crippen molar-refractivity contribution in [1.29, 1.82) is 5.26 Å². The smallest absolute Gasteiger partial charge is 0.174 e. The summed E-state index contributed by atoms with van der Waals surface area (Å²) in [5, 5.41) is 10.3. The average molecular weight is 219 g/mol. The molecule has 0 aromatic heterocycles. The van der Waals surface area contributed by atoms with Gasteiger partial charge < -0.3 is 4.74 Å².